The molecule has 0 aromatic heterocycles. The molecule has 0 atom stereocenters. The van der Waals surface area contributed by atoms with Gasteiger partial charge in [-0.2, -0.15) is 0 Å². The summed E-state index contributed by atoms with van der Waals surface area (Å²) in [6.45, 7) is 0. The Balaban J connectivity index is 0.965. The van der Waals surface area contributed by atoms with E-state index in [1.807, 2.05) is 0 Å². The molecular weight excluding hydrogens is 759 g/mol. The Morgan fingerprint density at radius 1 is 0.190 bits per heavy atom. The zero-order chi connectivity index (χ0) is 41.7. The Kier molecular flexibility index (Phi) is 8.90. The van der Waals surface area contributed by atoms with Crippen LogP contribution < -0.4 is 4.90 Å². The van der Waals surface area contributed by atoms with Crippen LogP contribution in [0.15, 0.2) is 249 Å². The summed E-state index contributed by atoms with van der Waals surface area (Å²) < 4.78 is 0. The highest BCUT2D eigenvalue weighted by Gasteiger charge is 2.17. The molecule has 0 bridgehead atoms. The Morgan fingerprint density at radius 3 is 1.10 bits per heavy atom. The van der Waals surface area contributed by atoms with Gasteiger partial charge in [0.2, 0.25) is 0 Å². The van der Waals surface area contributed by atoms with Crippen LogP contribution in [0.1, 0.15) is 0 Å². The van der Waals surface area contributed by atoms with Gasteiger partial charge in [-0.15, -0.1) is 0 Å². The summed E-state index contributed by atoms with van der Waals surface area (Å²) in [6, 6.07) is 91.0. The summed E-state index contributed by atoms with van der Waals surface area (Å²) in [5.41, 5.74) is 13.0. The summed E-state index contributed by atoms with van der Waals surface area (Å²) in [6.07, 6.45) is 0. The third-order valence-corrected chi connectivity index (χ3v) is 12.9. The first-order valence-electron chi connectivity index (χ1n) is 21.7. The lowest BCUT2D eigenvalue weighted by molar-refractivity contribution is 1.28. The molecule has 0 saturated carbocycles. The minimum atomic E-state index is 1.09. The first-order valence-corrected chi connectivity index (χ1v) is 21.7. The Bertz CT molecular complexity index is 3650. The fourth-order valence-electron chi connectivity index (χ4n) is 9.83. The number of rotatable bonds is 7. The van der Waals surface area contributed by atoms with Crippen molar-refractivity contribution in [3.8, 4) is 44.5 Å². The van der Waals surface area contributed by atoms with E-state index in [0.29, 0.717) is 0 Å². The van der Waals surface area contributed by atoms with Gasteiger partial charge < -0.3 is 4.90 Å². The van der Waals surface area contributed by atoms with Crippen LogP contribution in [0.2, 0.25) is 0 Å². The van der Waals surface area contributed by atoms with E-state index in [4.69, 9.17) is 0 Å². The molecule has 1 heteroatoms. The molecule has 0 aliphatic carbocycles. The molecule has 63 heavy (non-hydrogen) atoms. The molecule has 0 N–H and O–H groups in total. The summed E-state index contributed by atoms with van der Waals surface area (Å²) in [5.74, 6) is 0. The molecule has 294 valence electrons. The van der Waals surface area contributed by atoms with Crippen molar-refractivity contribution in [3.05, 3.63) is 249 Å². The highest BCUT2D eigenvalue weighted by Crippen LogP contribution is 2.43. The smallest absolute Gasteiger partial charge is 0.0462 e. The standard InChI is InChI=1S/C62H41N/c1-4-18-51-42(14-1)17-13-27-52(51)43-28-34-48(35-29-43)63(50-38-32-45(33-39-50)61-40-46-15-2-5-20-54(46)56-22-9-11-25-59(56)61)49-36-30-44(31-37-49)53-19-7-8-24-58(53)62-41-47-16-3-6-21-55(47)57-23-10-12-26-60(57)62/h1-41H. The normalized spacial score (nSPS) is 11.5. The van der Waals surface area contributed by atoms with E-state index in [9.17, 15) is 0 Å². The molecule has 1 nitrogen and oxygen atoms in total. The number of anilines is 3. The first kappa shape index (κ1) is 36.6. The molecule has 0 aliphatic rings. The largest absolute Gasteiger partial charge is 0.311 e. The molecule has 0 spiro atoms. The van der Waals surface area contributed by atoms with E-state index in [1.165, 1.54) is 98.4 Å². The summed E-state index contributed by atoms with van der Waals surface area (Å²) in [4.78, 5) is 2.38. The fourth-order valence-corrected chi connectivity index (χ4v) is 9.83. The summed E-state index contributed by atoms with van der Waals surface area (Å²) in [5, 5.41) is 12.6. The van der Waals surface area contributed by atoms with Gasteiger partial charge in [-0.05, 0) is 147 Å². The van der Waals surface area contributed by atoms with Gasteiger partial charge in [0.25, 0.3) is 0 Å². The maximum Gasteiger partial charge on any atom is 0.0462 e. The van der Waals surface area contributed by atoms with Crippen LogP contribution in [0.5, 0.6) is 0 Å². The van der Waals surface area contributed by atoms with Crippen molar-refractivity contribution in [2.45, 2.75) is 0 Å². The molecule has 0 radical (unpaired) electrons. The third kappa shape index (κ3) is 6.42. The van der Waals surface area contributed by atoms with E-state index >= 15 is 0 Å². The number of hydrogen-bond donors (Lipinski definition) is 0. The van der Waals surface area contributed by atoms with E-state index in [2.05, 4.69) is 254 Å². The molecule has 0 amide bonds. The summed E-state index contributed by atoms with van der Waals surface area (Å²) >= 11 is 0. The predicted molar refractivity (Wildman–Crippen MR) is 270 cm³/mol. The van der Waals surface area contributed by atoms with Crippen molar-refractivity contribution in [2.24, 2.45) is 0 Å². The van der Waals surface area contributed by atoms with Crippen molar-refractivity contribution in [2.75, 3.05) is 4.90 Å². The zero-order valence-corrected chi connectivity index (χ0v) is 34.6. The zero-order valence-electron chi connectivity index (χ0n) is 34.6. The first-order chi connectivity index (χ1) is 31.2. The van der Waals surface area contributed by atoms with Gasteiger partial charge in [0, 0.05) is 17.1 Å². The van der Waals surface area contributed by atoms with Crippen molar-refractivity contribution in [1.29, 1.82) is 0 Å². The Morgan fingerprint density at radius 2 is 0.540 bits per heavy atom. The third-order valence-electron chi connectivity index (χ3n) is 12.9. The van der Waals surface area contributed by atoms with Crippen LogP contribution in [0.3, 0.4) is 0 Å². The van der Waals surface area contributed by atoms with Crippen molar-refractivity contribution in [1.82, 2.24) is 0 Å². The van der Waals surface area contributed by atoms with Crippen LogP contribution in [0.25, 0.3) is 98.4 Å². The topological polar surface area (TPSA) is 3.24 Å². The lowest BCUT2D eigenvalue weighted by Gasteiger charge is -2.26. The summed E-state index contributed by atoms with van der Waals surface area (Å²) in [7, 11) is 0. The molecule has 0 heterocycles. The number of benzene rings is 12. The van der Waals surface area contributed by atoms with Crippen LogP contribution in [-0.4, -0.2) is 0 Å². The molecular formula is C62H41N. The minimum Gasteiger partial charge on any atom is -0.311 e. The van der Waals surface area contributed by atoms with Gasteiger partial charge in [-0.1, -0.05) is 200 Å². The lowest BCUT2D eigenvalue weighted by atomic mass is 9.89. The van der Waals surface area contributed by atoms with E-state index in [-0.39, 0.29) is 0 Å². The van der Waals surface area contributed by atoms with E-state index in [0.717, 1.165) is 17.1 Å². The van der Waals surface area contributed by atoms with Crippen LogP contribution in [-0.2, 0) is 0 Å². The molecule has 0 fully saturated rings. The quantitative estimate of drug-likeness (QED) is 0.145. The molecule has 0 aliphatic heterocycles. The van der Waals surface area contributed by atoms with Gasteiger partial charge in [-0.3, -0.25) is 0 Å². The second kappa shape index (κ2) is 15.3. The predicted octanol–water partition coefficient (Wildman–Crippen LogP) is 17.6. The maximum absolute atomic E-state index is 2.38. The van der Waals surface area contributed by atoms with E-state index in [1.54, 1.807) is 0 Å². The molecule has 0 saturated heterocycles. The Hall–Kier alpha value is -8.26. The number of nitrogens with zero attached hydrogens (tertiary/aromatic N) is 1. The Labute approximate surface area is 367 Å². The van der Waals surface area contributed by atoms with Crippen molar-refractivity contribution >= 4 is 70.9 Å². The molecule has 12 aromatic carbocycles. The lowest BCUT2D eigenvalue weighted by Crippen LogP contribution is -2.09. The van der Waals surface area contributed by atoms with Gasteiger partial charge >= 0.3 is 0 Å². The van der Waals surface area contributed by atoms with Crippen LogP contribution in [0.4, 0.5) is 17.1 Å². The SMILES string of the molecule is c1ccc(-c2cc3ccccc3c3ccccc23)c(-c2ccc(N(c3ccc(-c4cccc5ccccc45)cc3)c3ccc(-c4cc5ccccc5c5ccccc45)cc3)cc2)c1. The maximum atomic E-state index is 2.38. The van der Waals surface area contributed by atoms with Crippen molar-refractivity contribution in [3.63, 3.8) is 0 Å². The minimum absolute atomic E-state index is 1.09. The highest BCUT2D eigenvalue weighted by molar-refractivity contribution is 6.15. The average Bonchev–Trinajstić information content (AvgIpc) is 3.36. The van der Waals surface area contributed by atoms with Gasteiger partial charge in [0.1, 0.15) is 0 Å². The fraction of sp³-hybridized carbons (Fsp3) is 0. The second-order valence-electron chi connectivity index (χ2n) is 16.4. The molecule has 12 aromatic rings. The number of fused-ring (bicyclic) bond motifs is 7. The second-order valence-corrected chi connectivity index (χ2v) is 16.4. The van der Waals surface area contributed by atoms with Gasteiger partial charge in [0.05, 0.1) is 0 Å². The van der Waals surface area contributed by atoms with Gasteiger partial charge in [-0.25, -0.2) is 0 Å². The van der Waals surface area contributed by atoms with Crippen molar-refractivity contribution < 1.29 is 0 Å². The number of hydrogen-bond acceptors (Lipinski definition) is 1. The average molecular weight is 800 g/mol. The van der Waals surface area contributed by atoms with Crippen LogP contribution in [0, 0.1) is 0 Å². The monoisotopic (exact) mass is 799 g/mol. The van der Waals surface area contributed by atoms with E-state index < -0.39 is 0 Å². The highest BCUT2D eigenvalue weighted by atomic mass is 15.1. The molecule has 12 rings (SSSR count). The molecule has 0 unspecified atom stereocenters. The van der Waals surface area contributed by atoms with Crippen LogP contribution >= 0.6 is 0 Å². The van der Waals surface area contributed by atoms with Gasteiger partial charge in [0.15, 0.2) is 0 Å².